The maximum Gasteiger partial charge on any atom is 0.241 e. The van der Waals surface area contributed by atoms with Gasteiger partial charge in [-0.25, -0.2) is 0 Å². The van der Waals surface area contributed by atoms with E-state index in [1.807, 2.05) is 26.0 Å². The number of hydrogen-bond acceptors (Lipinski definition) is 2. The van der Waals surface area contributed by atoms with E-state index in [0.29, 0.717) is 6.04 Å². The molecular formula is C14H21ClN2O. The molecule has 1 aliphatic carbocycles. The van der Waals surface area contributed by atoms with Crippen molar-refractivity contribution < 1.29 is 4.79 Å². The molecule has 0 radical (unpaired) electrons. The van der Waals surface area contributed by atoms with Crippen molar-refractivity contribution in [3.63, 3.8) is 0 Å². The zero-order valence-electron chi connectivity index (χ0n) is 11.1. The molecule has 0 aliphatic heterocycles. The summed E-state index contributed by atoms with van der Waals surface area (Å²) in [4.78, 5) is 11.9. The molecule has 1 aromatic carbocycles. The molecule has 100 valence electrons. The molecule has 0 spiro atoms. The number of hydrogen-bond donors (Lipinski definition) is 2. The van der Waals surface area contributed by atoms with Crippen LogP contribution < -0.4 is 10.6 Å². The molecule has 2 N–H and O–H groups in total. The van der Waals surface area contributed by atoms with Gasteiger partial charge in [0.1, 0.15) is 0 Å². The van der Waals surface area contributed by atoms with Gasteiger partial charge in [0.05, 0.1) is 6.04 Å². The van der Waals surface area contributed by atoms with Crippen molar-refractivity contribution in [3.8, 4) is 0 Å². The summed E-state index contributed by atoms with van der Waals surface area (Å²) in [5, 5.41) is 6.26. The highest BCUT2D eigenvalue weighted by atomic mass is 35.5. The third-order valence-electron chi connectivity index (χ3n) is 3.10. The third-order valence-corrected chi connectivity index (χ3v) is 3.10. The summed E-state index contributed by atoms with van der Waals surface area (Å²) in [5.74, 6) is 0.0452. The molecule has 1 unspecified atom stereocenters. The quantitative estimate of drug-likeness (QED) is 0.882. The standard InChI is InChI=1S/C14H20N2O.ClH/c1-9-4-7-13(10(2)8-9)16-14(17)11(3)15-12-5-6-12;/h4,7-8,11-12,15H,5-6H2,1-3H3,(H,16,17);1H. The summed E-state index contributed by atoms with van der Waals surface area (Å²) in [5.41, 5.74) is 3.23. The van der Waals surface area contributed by atoms with E-state index in [1.165, 1.54) is 18.4 Å². The fraction of sp³-hybridized carbons (Fsp3) is 0.500. The number of anilines is 1. The lowest BCUT2D eigenvalue weighted by Crippen LogP contribution is -2.39. The van der Waals surface area contributed by atoms with Crippen LogP contribution in [0.4, 0.5) is 5.69 Å². The number of amides is 1. The second-order valence-electron chi connectivity index (χ2n) is 4.97. The van der Waals surface area contributed by atoms with Gasteiger partial charge in [-0.15, -0.1) is 12.4 Å². The number of carbonyl (C=O) groups is 1. The van der Waals surface area contributed by atoms with Crippen LogP contribution in [-0.4, -0.2) is 18.0 Å². The van der Waals surface area contributed by atoms with E-state index in [1.54, 1.807) is 0 Å². The molecule has 0 aromatic heterocycles. The SMILES string of the molecule is Cc1ccc(NC(=O)C(C)NC2CC2)c(C)c1.Cl. The first-order valence-corrected chi connectivity index (χ1v) is 6.20. The number of nitrogens with one attached hydrogen (secondary N) is 2. The summed E-state index contributed by atoms with van der Waals surface area (Å²) < 4.78 is 0. The second-order valence-corrected chi connectivity index (χ2v) is 4.97. The van der Waals surface area contributed by atoms with Crippen molar-refractivity contribution in [2.75, 3.05) is 5.32 Å². The fourth-order valence-electron chi connectivity index (χ4n) is 1.87. The first-order valence-electron chi connectivity index (χ1n) is 6.20. The van der Waals surface area contributed by atoms with Crippen LogP contribution in [-0.2, 0) is 4.79 Å². The topological polar surface area (TPSA) is 41.1 Å². The Bertz CT molecular complexity index is 430. The normalized spacial score (nSPS) is 15.7. The Balaban J connectivity index is 0.00000162. The van der Waals surface area contributed by atoms with E-state index in [-0.39, 0.29) is 24.4 Å². The molecular weight excluding hydrogens is 248 g/mol. The van der Waals surface area contributed by atoms with Crippen molar-refractivity contribution in [1.29, 1.82) is 0 Å². The summed E-state index contributed by atoms with van der Waals surface area (Å²) in [6.07, 6.45) is 2.39. The van der Waals surface area contributed by atoms with Gasteiger partial charge in [-0.3, -0.25) is 4.79 Å². The van der Waals surface area contributed by atoms with Gasteiger partial charge in [0.15, 0.2) is 0 Å². The van der Waals surface area contributed by atoms with Crippen molar-refractivity contribution in [2.45, 2.75) is 45.7 Å². The van der Waals surface area contributed by atoms with Gasteiger partial charge in [0.25, 0.3) is 0 Å². The zero-order chi connectivity index (χ0) is 12.4. The molecule has 0 bridgehead atoms. The largest absolute Gasteiger partial charge is 0.324 e. The molecule has 0 saturated heterocycles. The molecule has 2 rings (SSSR count). The van der Waals surface area contributed by atoms with Crippen LogP contribution >= 0.6 is 12.4 Å². The van der Waals surface area contributed by atoms with Gasteiger partial charge < -0.3 is 10.6 Å². The van der Waals surface area contributed by atoms with E-state index in [4.69, 9.17) is 0 Å². The smallest absolute Gasteiger partial charge is 0.241 e. The number of carbonyl (C=O) groups excluding carboxylic acids is 1. The maximum atomic E-state index is 11.9. The lowest BCUT2D eigenvalue weighted by molar-refractivity contribution is -0.117. The molecule has 0 heterocycles. The summed E-state index contributed by atoms with van der Waals surface area (Å²) in [6.45, 7) is 5.98. The van der Waals surface area contributed by atoms with Crippen LogP contribution in [0.3, 0.4) is 0 Å². The molecule has 1 fully saturated rings. The first kappa shape index (κ1) is 15.0. The molecule has 3 nitrogen and oxygen atoms in total. The van der Waals surface area contributed by atoms with Gasteiger partial charge in [0.2, 0.25) is 5.91 Å². The Morgan fingerprint density at radius 3 is 2.56 bits per heavy atom. The Kier molecular flexibility index (Phi) is 5.17. The molecule has 1 aromatic rings. The molecule has 1 aliphatic rings. The van der Waals surface area contributed by atoms with Crippen LogP contribution in [0.25, 0.3) is 0 Å². The van der Waals surface area contributed by atoms with E-state index < -0.39 is 0 Å². The minimum Gasteiger partial charge on any atom is -0.324 e. The molecule has 18 heavy (non-hydrogen) atoms. The Labute approximate surface area is 115 Å². The number of aryl methyl sites for hydroxylation is 2. The predicted octanol–water partition coefficient (Wildman–Crippen LogP) is 2.80. The average molecular weight is 269 g/mol. The zero-order valence-corrected chi connectivity index (χ0v) is 11.9. The van der Waals surface area contributed by atoms with Gasteiger partial charge >= 0.3 is 0 Å². The minimum absolute atomic E-state index is 0. The van der Waals surface area contributed by atoms with Crippen molar-refractivity contribution in [2.24, 2.45) is 0 Å². The third kappa shape index (κ3) is 4.00. The Hall–Kier alpha value is -1.06. The van der Waals surface area contributed by atoms with Gasteiger partial charge in [-0.1, -0.05) is 17.7 Å². The summed E-state index contributed by atoms with van der Waals surface area (Å²) in [7, 11) is 0. The van der Waals surface area contributed by atoms with Gasteiger partial charge in [-0.05, 0) is 45.2 Å². The fourth-order valence-corrected chi connectivity index (χ4v) is 1.87. The van der Waals surface area contributed by atoms with E-state index in [9.17, 15) is 4.79 Å². The molecule has 1 amide bonds. The highest BCUT2D eigenvalue weighted by Gasteiger charge is 2.25. The lowest BCUT2D eigenvalue weighted by atomic mass is 10.1. The highest BCUT2D eigenvalue weighted by molar-refractivity contribution is 5.95. The average Bonchev–Trinajstić information content (AvgIpc) is 3.06. The molecule has 1 saturated carbocycles. The highest BCUT2D eigenvalue weighted by Crippen LogP contribution is 2.20. The van der Waals surface area contributed by atoms with Gasteiger partial charge in [-0.2, -0.15) is 0 Å². The van der Waals surface area contributed by atoms with E-state index in [0.717, 1.165) is 11.3 Å². The first-order chi connectivity index (χ1) is 8.06. The number of rotatable bonds is 4. The maximum absolute atomic E-state index is 11.9. The molecule has 1 atom stereocenters. The Morgan fingerprint density at radius 2 is 2.00 bits per heavy atom. The minimum atomic E-state index is -0.122. The second kappa shape index (κ2) is 6.21. The summed E-state index contributed by atoms with van der Waals surface area (Å²) >= 11 is 0. The van der Waals surface area contributed by atoms with Gasteiger partial charge in [0, 0.05) is 11.7 Å². The number of halogens is 1. The van der Waals surface area contributed by atoms with Crippen LogP contribution in [0, 0.1) is 13.8 Å². The van der Waals surface area contributed by atoms with Crippen LogP contribution in [0.5, 0.6) is 0 Å². The predicted molar refractivity (Wildman–Crippen MR) is 77.4 cm³/mol. The van der Waals surface area contributed by atoms with E-state index >= 15 is 0 Å². The van der Waals surface area contributed by atoms with Crippen molar-refractivity contribution >= 4 is 24.0 Å². The monoisotopic (exact) mass is 268 g/mol. The van der Waals surface area contributed by atoms with Crippen LogP contribution in [0.1, 0.15) is 30.9 Å². The van der Waals surface area contributed by atoms with E-state index in [2.05, 4.69) is 23.6 Å². The van der Waals surface area contributed by atoms with Crippen LogP contribution in [0.15, 0.2) is 18.2 Å². The summed E-state index contributed by atoms with van der Waals surface area (Å²) in [6, 6.07) is 6.49. The van der Waals surface area contributed by atoms with Crippen molar-refractivity contribution in [1.82, 2.24) is 5.32 Å². The van der Waals surface area contributed by atoms with Crippen molar-refractivity contribution in [3.05, 3.63) is 29.3 Å². The van der Waals surface area contributed by atoms with Crippen LogP contribution in [0.2, 0.25) is 0 Å². The Morgan fingerprint density at radius 1 is 1.33 bits per heavy atom. The number of benzene rings is 1. The molecule has 4 heteroatoms. The lowest BCUT2D eigenvalue weighted by Gasteiger charge is -2.15.